The number of allylic oxidation sites excluding steroid dienone is 3. The van der Waals surface area contributed by atoms with E-state index in [1.165, 1.54) is 12.5 Å². The maximum Gasteiger partial charge on any atom is 0.314 e. The number of aromatic amines is 1. The number of guanidine groups is 1. The van der Waals surface area contributed by atoms with Gasteiger partial charge in [-0.2, -0.15) is 0 Å². The normalized spacial score (nSPS) is 44.9. The molecule has 8 aliphatic carbocycles. The molecule has 15 nitrogen and oxygen atoms in total. The number of cyclic esters (lactones) is 1. The minimum Gasteiger partial charge on any atom is -0.462 e. The molecule has 0 unspecified atom stereocenters. The lowest BCUT2D eigenvalue weighted by Crippen LogP contribution is -2.67. The predicted octanol–water partition coefficient (Wildman–Crippen LogP) is 5.71. The van der Waals surface area contributed by atoms with Crippen molar-refractivity contribution in [3.63, 3.8) is 0 Å². The number of esters is 1. The van der Waals surface area contributed by atoms with Gasteiger partial charge >= 0.3 is 5.97 Å². The molecule has 9 aliphatic rings. The SMILES string of the molecule is CC[C@H]1OC(=O)[C@@H](c2cc[nH]c2)[C@@H]1[C@H]1C#CC[C@H]2C[C@@]3(O)C4=C(N[C@@H](CO)C(C)=O)C(=O)[C@@H]5C[C@@H](O)[C@@H](O)C[C@]5(C5CCCC5)[C@H]4CC[C@]3(CCN=C(N)N)[C@H]2[C@@](C)(O)[C@H](O)C[C@@H](C)[C@@H]2CC=C3CC[C@H](C)C[C@H]3[C@@H]2C1. The second-order valence-corrected chi connectivity index (χ2v) is 26.2. The van der Waals surface area contributed by atoms with Gasteiger partial charge in [0, 0.05) is 54.4 Å². The topological polar surface area (TPSA) is 274 Å². The number of aliphatic hydroxyl groups excluding tert-OH is 4. The second-order valence-electron chi connectivity index (χ2n) is 26.2. The first-order chi connectivity index (χ1) is 36.2. The molecule has 21 atom stereocenters. The fourth-order valence-corrected chi connectivity index (χ4v) is 19.2. The van der Waals surface area contributed by atoms with Crippen LogP contribution in [0.2, 0.25) is 0 Å². The third kappa shape index (κ3) is 9.03. The van der Waals surface area contributed by atoms with E-state index in [9.17, 15) is 40.2 Å². The lowest BCUT2D eigenvalue weighted by molar-refractivity contribution is -0.196. The summed E-state index contributed by atoms with van der Waals surface area (Å²) in [5.74, 6) is 3.92. The number of ketones is 2. The molecule has 1 aromatic heterocycles. The highest BCUT2D eigenvalue weighted by molar-refractivity contribution is 6.01. The molecule has 0 bridgehead atoms. The Morgan fingerprint density at radius 3 is 2.45 bits per heavy atom. The maximum atomic E-state index is 15.8. The Morgan fingerprint density at radius 1 is 1.00 bits per heavy atom. The smallest absolute Gasteiger partial charge is 0.314 e. The van der Waals surface area contributed by atoms with E-state index in [2.05, 4.69) is 54.0 Å². The zero-order valence-corrected chi connectivity index (χ0v) is 45.8. The van der Waals surface area contributed by atoms with Crippen molar-refractivity contribution in [2.24, 2.45) is 98.3 Å². The second kappa shape index (κ2) is 21.2. The van der Waals surface area contributed by atoms with Gasteiger partial charge in [-0.25, -0.2) is 0 Å². The summed E-state index contributed by atoms with van der Waals surface area (Å²) >= 11 is 0. The molecule has 6 fully saturated rings. The first kappa shape index (κ1) is 55.3. The monoisotopic (exact) mass is 1050 g/mol. The Kier molecular flexibility index (Phi) is 15.4. The number of H-pyrrole nitrogens is 1. The van der Waals surface area contributed by atoms with Gasteiger partial charge in [0.25, 0.3) is 0 Å². The van der Waals surface area contributed by atoms with Crippen molar-refractivity contribution in [1.82, 2.24) is 10.3 Å². The number of aromatic nitrogens is 1. The molecule has 15 heteroatoms. The molecule has 1 saturated heterocycles. The Hall–Kier alpha value is -4.04. The van der Waals surface area contributed by atoms with Gasteiger partial charge in [0.1, 0.15) is 12.1 Å². The molecular weight excluding hydrogens is 963 g/mol. The average Bonchev–Trinajstić information content (AvgIpc) is 4.35. The van der Waals surface area contributed by atoms with Gasteiger partial charge in [-0.3, -0.25) is 19.4 Å². The summed E-state index contributed by atoms with van der Waals surface area (Å²) in [5, 5.41) is 78.6. The van der Waals surface area contributed by atoms with Gasteiger partial charge < -0.3 is 57.1 Å². The van der Waals surface area contributed by atoms with Crippen molar-refractivity contribution in [2.45, 2.75) is 198 Å². The van der Waals surface area contributed by atoms with Crippen molar-refractivity contribution in [3.05, 3.63) is 46.9 Å². The summed E-state index contributed by atoms with van der Waals surface area (Å²) in [6.07, 6.45) is 13.0. The third-order valence-corrected chi connectivity index (χ3v) is 22.5. The molecule has 2 heterocycles. The molecule has 1 aliphatic heterocycles. The number of Topliss-reactive ketones (excluding diaryl/α,β-unsaturated/α-hetero) is 2. The number of carbonyl (C=O) groups is 3. The number of nitrogens with zero attached hydrogens (tertiary/aromatic N) is 1. The Labute approximate surface area is 449 Å². The number of aliphatic hydroxyl groups is 6. The van der Waals surface area contributed by atoms with Gasteiger partial charge in [-0.1, -0.05) is 51.2 Å². The number of aliphatic imine (C=N–C) groups is 1. The lowest BCUT2D eigenvalue weighted by Gasteiger charge is -2.64. The van der Waals surface area contributed by atoms with Crippen LogP contribution < -0.4 is 16.8 Å². The quantitative estimate of drug-likeness (QED) is 0.0419. The van der Waals surface area contributed by atoms with Crippen LogP contribution in [0, 0.1) is 93.7 Å². The average molecular weight is 1050 g/mol. The van der Waals surface area contributed by atoms with Gasteiger partial charge in [0.15, 0.2) is 17.5 Å². The predicted molar refractivity (Wildman–Crippen MR) is 287 cm³/mol. The van der Waals surface area contributed by atoms with Crippen LogP contribution in [0.4, 0.5) is 0 Å². The first-order valence-electron chi connectivity index (χ1n) is 29.4. The Bertz CT molecular complexity index is 2500. The fraction of sp³-hybridized carbons (Fsp3) is 0.770. The molecule has 12 N–H and O–H groups in total. The molecule has 1 aromatic rings. The van der Waals surface area contributed by atoms with Crippen molar-refractivity contribution >= 4 is 23.5 Å². The van der Waals surface area contributed by atoms with E-state index in [0.29, 0.717) is 36.7 Å². The number of rotatable bonds is 11. The van der Waals surface area contributed by atoms with Crippen LogP contribution in [-0.4, -0.2) is 114 Å². The van der Waals surface area contributed by atoms with Gasteiger partial charge in [0.2, 0.25) is 0 Å². The number of hydrogen-bond acceptors (Lipinski definition) is 12. The molecular formula is C61H89N5O10. The molecule has 0 amide bonds. The van der Waals surface area contributed by atoms with Crippen LogP contribution in [0.15, 0.2) is 46.4 Å². The lowest BCUT2D eigenvalue weighted by atomic mass is 9.41. The summed E-state index contributed by atoms with van der Waals surface area (Å²) in [6, 6.07) is 0.782. The molecule has 10 rings (SSSR count). The van der Waals surface area contributed by atoms with E-state index in [0.717, 1.165) is 63.4 Å². The number of ether oxygens (including phenoxy) is 1. The standard InChI is InChI=1S/C61H89N5O10/c1-6-48-50(51(56(73)76-48)38-19-22-64-30-38)36-10-9-11-37-28-61(75)52-43(60(39-12-7-8-13-39)29-47(70)46(69)27-44(60)54(72)53(52)66-45(31-67)34(4)68)18-20-59(61,21-23-65-57(62)63)55(37)58(5,74)49(71)25-33(3)40-17-16-35-15-14-32(2)24-41(35)42(40)26-36/h16,19,22,30,32-33,36-37,39-51,55,64,66-67,69-71,74-75H,6-8,11-15,17-18,20-21,23-29,31H2,1-5H3,(H4,62,63,65)/t32-,33+,36-,37-,40-,41+,42+,43-,44-,45-,46+,47-,48+,49+,50+,51-,55+,58-,59-,60-,61+/m0/s1. The molecule has 0 spiro atoms. The summed E-state index contributed by atoms with van der Waals surface area (Å²) in [4.78, 5) is 51.0. The van der Waals surface area contributed by atoms with Crippen molar-refractivity contribution in [2.75, 3.05) is 13.2 Å². The van der Waals surface area contributed by atoms with E-state index >= 15 is 4.79 Å². The van der Waals surface area contributed by atoms with E-state index in [1.54, 1.807) is 6.92 Å². The molecule has 0 aromatic carbocycles. The summed E-state index contributed by atoms with van der Waals surface area (Å²) < 4.78 is 6.29. The largest absolute Gasteiger partial charge is 0.462 e. The van der Waals surface area contributed by atoms with E-state index in [4.69, 9.17) is 16.2 Å². The number of carbonyl (C=O) groups excluding carboxylic acids is 3. The zero-order valence-electron chi connectivity index (χ0n) is 45.8. The highest BCUT2D eigenvalue weighted by atomic mass is 16.6. The van der Waals surface area contributed by atoms with Crippen molar-refractivity contribution in [3.8, 4) is 11.8 Å². The molecule has 5 saturated carbocycles. The summed E-state index contributed by atoms with van der Waals surface area (Å²) in [7, 11) is 0. The summed E-state index contributed by atoms with van der Waals surface area (Å²) in [6.45, 7) is 9.15. The number of nitrogens with one attached hydrogen (secondary N) is 2. The highest BCUT2D eigenvalue weighted by Gasteiger charge is 2.75. The van der Waals surface area contributed by atoms with Crippen LogP contribution in [0.25, 0.3) is 0 Å². The van der Waals surface area contributed by atoms with Crippen LogP contribution in [0.3, 0.4) is 0 Å². The van der Waals surface area contributed by atoms with Crippen molar-refractivity contribution < 1.29 is 49.8 Å². The summed E-state index contributed by atoms with van der Waals surface area (Å²) in [5.41, 5.74) is 9.12. The van der Waals surface area contributed by atoms with Crippen LogP contribution in [0.5, 0.6) is 0 Å². The molecule has 0 radical (unpaired) electrons. The van der Waals surface area contributed by atoms with E-state index in [1.807, 2.05) is 18.5 Å². The van der Waals surface area contributed by atoms with Gasteiger partial charge in [0.05, 0.1) is 47.7 Å². The Morgan fingerprint density at radius 2 is 1.76 bits per heavy atom. The maximum absolute atomic E-state index is 15.8. The fourth-order valence-electron chi connectivity index (χ4n) is 19.2. The highest BCUT2D eigenvalue weighted by Crippen LogP contribution is 2.74. The van der Waals surface area contributed by atoms with Crippen LogP contribution in [0.1, 0.15) is 162 Å². The van der Waals surface area contributed by atoms with E-state index < -0.39 is 88.4 Å². The molecule has 418 valence electrons. The molecule has 76 heavy (non-hydrogen) atoms. The third-order valence-electron chi connectivity index (χ3n) is 22.5. The van der Waals surface area contributed by atoms with Crippen molar-refractivity contribution in [1.29, 1.82) is 0 Å². The van der Waals surface area contributed by atoms with Crippen LogP contribution >= 0.6 is 0 Å². The zero-order chi connectivity index (χ0) is 54.2. The van der Waals surface area contributed by atoms with E-state index in [-0.39, 0.29) is 110 Å². The number of fused-ring (bicyclic) bond motifs is 10. The van der Waals surface area contributed by atoms with Crippen LogP contribution in [-0.2, 0) is 19.1 Å². The number of nitrogens with two attached hydrogens (primary N) is 2. The first-order valence-corrected chi connectivity index (χ1v) is 29.4. The van der Waals surface area contributed by atoms with Gasteiger partial charge in [-0.15, -0.1) is 5.92 Å². The Balaban J connectivity index is 1.18. The minimum atomic E-state index is -1.89. The van der Waals surface area contributed by atoms with Gasteiger partial charge in [-0.05, 0) is 180 Å². The number of hydrogen-bond donors (Lipinski definition) is 10. The minimum absolute atomic E-state index is 0.00283.